The number of rotatable bonds is 3. The fourth-order valence-corrected chi connectivity index (χ4v) is 2.41. The van der Waals surface area contributed by atoms with Crippen LogP contribution in [0.1, 0.15) is 17.2 Å². The van der Waals surface area contributed by atoms with E-state index in [2.05, 4.69) is 45.5 Å². The summed E-state index contributed by atoms with van der Waals surface area (Å²) in [6.45, 7) is 0. The molecule has 2 rings (SSSR count). The molecule has 2 aromatic carbocycles. The third-order valence-corrected chi connectivity index (χ3v) is 3.50. The van der Waals surface area contributed by atoms with Crippen LogP contribution in [0, 0.1) is 0 Å². The van der Waals surface area contributed by atoms with Crippen molar-refractivity contribution >= 4 is 21.6 Å². The Labute approximate surface area is 110 Å². The lowest BCUT2D eigenvalue weighted by molar-refractivity contribution is 0.689. The van der Waals surface area contributed by atoms with Crippen LogP contribution in [-0.4, -0.2) is 7.05 Å². The zero-order valence-corrected chi connectivity index (χ0v) is 11.2. The highest BCUT2D eigenvalue weighted by molar-refractivity contribution is 9.10. The molecule has 0 aliphatic rings. The first-order valence-corrected chi connectivity index (χ1v) is 6.29. The molecule has 0 spiro atoms. The lowest BCUT2D eigenvalue weighted by atomic mass is 9.99. The van der Waals surface area contributed by atoms with Gasteiger partial charge < -0.3 is 11.1 Å². The quantitative estimate of drug-likeness (QED) is 0.851. The molecule has 17 heavy (non-hydrogen) atoms. The van der Waals surface area contributed by atoms with Gasteiger partial charge in [-0.3, -0.25) is 0 Å². The summed E-state index contributed by atoms with van der Waals surface area (Å²) in [6, 6.07) is 16.4. The molecular weight excluding hydrogens is 276 g/mol. The average Bonchev–Trinajstić information content (AvgIpc) is 2.35. The van der Waals surface area contributed by atoms with Gasteiger partial charge in [0.15, 0.2) is 0 Å². The second kappa shape index (κ2) is 5.34. The van der Waals surface area contributed by atoms with Gasteiger partial charge in [0.25, 0.3) is 0 Å². The first-order valence-electron chi connectivity index (χ1n) is 5.49. The Morgan fingerprint density at radius 3 is 2.29 bits per heavy atom. The second-order valence-electron chi connectivity index (χ2n) is 3.91. The van der Waals surface area contributed by atoms with Gasteiger partial charge >= 0.3 is 0 Å². The van der Waals surface area contributed by atoms with E-state index in [-0.39, 0.29) is 6.04 Å². The summed E-state index contributed by atoms with van der Waals surface area (Å²) in [5.74, 6) is 0. The summed E-state index contributed by atoms with van der Waals surface area (Å²) in [6.07, 6.45) is 0. The van der Waals surface area contributed by atoms with Crippen molar-refractivity contribution in [3.05, 3.63) is 64.1 Å². The molecule has 3 N–H and O–H groups in total. The van der Waals surface area contributed by atoms with Gasteiger partial charge in [-0.25, -0.2) is 0 Å². The van der Waals surface area contributed by atoms with Crippen molar-refractivity contribution < 1.29 is 0 Å². The van der Waals surface area contributed by atoms with Gasteiger partial charge in [-0.15, -0.1) is 0 Å². The van der Waals surface area contributed by atoms with Crippen LogP contribution < -0.4 is 11.1 Å². The van der Waals surface area contributed by atoms with E-state index in [0.29, 0.717) is 0 Å². The van der Waals surface area contributed by atoms with E-state index in [1.165, 1.54) is 11.1 Å². The normalized spacial score (nSPS) is 12.4. The molecule has 3 heteroatoms. The summed E-state index contributed by atoms with van der Waals surface area (Å²) in [4.78, 5) is 0. The predicted octanol–water partition coefficient (Wildman–Crippen LogP) is 3.34. The highest BCUT2D eigenvalue weighted by atomic mass is 79.9. The van der Waals surface area contributed by atoms with Crippen molar-refractivity contribution in [2.75, 3.05) is 12.8 Å². The van der Waals surface area contributed by atoms with Gasteiger partial charge in [-0.05, 0) is 36.4 Å². The first-order chi connectivity index (χ1) is 8.22. The van der Waals surface area contributed by atoms with Crippen LogP contribution in [0.25, 0.3) is 0 Å². The summed E-state index contributed by atoms with van der Waals surface area (Å²) in [7, 11) is 1.96. The molecule has 2 nitrogen and oxygen atoms in total. The average molecular weight is 291 g/mol. The van der Waals surface area contributed by atoms with Crippen LogP contribution in [0.3, 0.4) is 0 Å². The Bertz CT molecular complexity index is 494. The van der Waals surface area contributed by atoms with Crippen molar-refractivity contribution in [2.45, 2.75) is 6.04 Å². The maximum absolute atomic E-state index is 5.71. The van der Waals surface area contributed by atoms with E-state index >= 15 is 0 Å². The van der Waals surface area contributed by atoms with Crippen molar-refractivity contribution in [3.63, 3.8) is 0 Å². The lowest BCUT2D eigenvalue weighted by Gasteiger charge is -2.18. The fourth-order valence-electron chi connectivity index (χ4n) is 1.90. The first kappa shape index (κ1) is 12.1. The Morgan fingerprint density at radius 2 is 1.71 bits per heavy atom. The third kappa shape index (κ3) is 2.68. The molecule has 0 aliphatic heterocycles. The molecule has 88 valence electrons. The van der Waals surface area contributed by atoms with Gasteiger partial charge in [0.05, 0.1) is 6.04 Å². The van der Waals surface area contributed by atoms with Crippen LogP contribution >= 0.6 is 15.9 Å². The number of anilines is 1. The standard InChI is InChI=1S/C14H15BrN2/c1-17-14(10-6-8-11(16)9-7-10)12-4-2-3-5-13(12)15/h2-9,14,17H,16H2,1H3. The van der Waals surface area contributed by atoms with Crippen molar-refractivity contribution in [3.8, 4) is 0 Å². The number of nitrogens with two attached hydrogens (primary N) is 1. The predicted molar refractivity (Wildman–Crippen MR) is 75.9 cm³/mol. The van der Waals surface area contributed by atoms with Crippen molar-refractivity contribution in [1.29, 1.82) is 0 Å². The highest BCUT2D eigenvalue weighted by Crippen LogP contribution is 2.28. The maximum atomic E-state index is 5.71. The summed E-state index contributed by atoms with van der Waals surface area (Å²) >= 11 is 3.58. The minimum Gasteiger partial charge on any atom is -0.399 e. The summed E-state index contributed by atoms with van der Waals surface area (Å²) < 4.78 is 1.11. The van der Waals surface area contributed by atoms with E-state index in [0.717, 1.165) is 10.2 Å². The number of hydrogen-bond donors (Lipinski definition) is 2. The Morgan fingerprint density at radius 1 is 1.06 bits per heavy atom. The molecule has 0 saturated heterocycles. The van der Waals surface area contributed by atoms with Gasteiger partial charge in [0, 0.05) is 10.2 Å². The molecule has 2 aromatic rings. The molecule has 0 amide bonds. The van der Waals surface area contributed by atoms with Gasteiger partial charge in [-0.2, -0.15) is 0 Å². The SMILES string of the molecule is CNC(c1ccc(N)cc1)c1ccccc1Br. The number of nitrogens with one attached hydrogen (secondary N) is 1. The molecular formula is C14H15BrN2. The van der Waals surface area contributed by atoms with Crippen molar-refractivity contribution in [1.82, 2.24) is 5.32 Å². The zero-order chi connectivity index (χ0) is 12.3. The molecule has 0 fully saturated rings. The molecule has 1 unspecified atom stereocenters. The smallest absolute Gasteiger partial charge is 0.0585 e. The third-order valence-electron chi connectivity index (χ3n) is 2.77. The van der Waals surface area contributed by atoms with Crippen LogP contribution in [0.15, 0.2) is 53.0 Å². The summed E-state index contributed by atoms with van der Waals surface area (Å²) in [5, 5.41) is 3.32. The maximum Gasteiger partial charge on any atom is 0.0585 e. The van der Waals surface area contributed by atoms with E-state index in [4.69, 9.17) is 5.73 Å². The zero-order valence-electron chi connectivity index (χ0n) is 9.65. The van der Waals surface area contributed by atoms with Crippen LogP contribution in [0.5, 0.6) is 0 Å². The van der Waals surface area contributed by atoms with Gasteiger partial charge in [0.2, 0.25) is 0 Å². The van der Waals surface area contributed by atoms with E-state index in [1.807, 2.05) is 31.3 Å². The lowest BCUT2D eigenvalue weighted by Crippen LogP contribution is -2.18. The Balaban J connectivity index is 2.40. The summed E-state index contributed by atoms with van der Waals surface area (Å²) in [5.41, 5.74) is 8.92. The monoisotopic (exact) mass is 290 g/mol. The van der Waals surface area contributed by atoms with Crippen LogP contribution in [0.2, 0.25) is 0 Å². The molecule has 0 aromatic heterocycles. The number of halogens is 1. The van der Waals surface area contributed by atoms with Gasteiger partial charge in [0.1, 0.15) is 0 Å². The molecule has 0 heterocycles. The number of hydrogen-bond acceptors (Lipinski definition) is 2. The fraction of sp³-hybridized carbons (Fsp3) is 0.143. The van der Waals surface area contributed by atoms with E-state index in [1.54, 1.807) is 0 Å². The minimum absolute atomic E-state index is 0.172. The van der Waals surface area contributed by atoms with Gasteiger partial charge in [-0.1, -0.05) is 46.3 Å². The van der Waals surface area contributed by atoms with E-state index in [9.17, 15) is 0 Å². The Kier molecular flexibility index (Phi) is 3.82. The molecule has 0 bridgehead atoms. The topological polar surface area (TPSA) is 38.0 Å². The molecule has 0 aliphatic carbocycles. The minimum atomic E-state index is 0.172. The van der Waals surface area contributed by atoms with Crippen LogP contribution in [0.4, 0.5) is 5.69 Å². The molecule has 0 saturated carbocycles. The van der Waals surface area contributed by atoms with Crippen molar-refractivity contribution in [2.24, 2.45) is 0 Å². The Hall–Kier alpha value is -1.32. The van der Waals surface area contributed by atoms with E-state index < -0.39 is 0 Å². The molecule has 0 radical (unpaired) electrons. The molecule has 1 atom stereocenters. The highest BCUT2D eigenvalue weighted by Gasteiger charge is 2.13. The number of benzene rings is 2. The second-order valence-corrected chi connectivity index (χ2v) is 4.76. The largest absolute Gasteiger partial charge is 0.399 e. The van der Waals surface area contributed by atoms with Crippen LogP contribution in [-0.2, 0) is 0 Å². The number of nitrogen functional groups attached to an aromatic ring is 1.